The van der Waals surface area contributed by atoms with Crippen LogP contribution in [0.5, 0.6) is 0 Å². The Bertz CT molecular complexity index is 1770. The van der Waals surface area contributed by atoms with Crippen molar-refractivity contribution in [3.63, 3.8) is 0 Å². The van der Waals surface area contributed by atoms with Crippen LogP contribution in [0.1, 0.15) is 399 Å². The van der Waals surface area contributed by atoms with E-state index in [-0.39, 0.29) is 18.5 Å². The fourth-order valence-electron chi connectivity index (χ4n) is 13.0. The van der Waals surface area contributed by atoms with Crippen molar-refractivity contribution < 1.29 is 49.3 Å². The summed E-state index contributed by atoms with van der Waals surface area (Å²) in [6.45, 7) is 4.14. The Morgan fingerprint density at radius 1 is 0.411 bits per heavy atom. The van der Waals surface area contributed by atoms with Gasteiger partial charge in [0.1, 0.15) is 24.4 Å². The molecule has 1 aliphatic heterocycles. The molecular formula is C84H155NO10. The summed E-state index contributed by atoms with van der Waals surface area (Å²) in [5.41, 5.74) is 0. The van der Waals surface area contributed by atoms with Gasteiger partial charge in [-0.1, -0.05) is 363 Å². The molecule has 0 spiro atoms. The summed E-state index contributed by atoms with van der Waals surface area (Å²) in [5, 5.41) is 54.3. The van der Waals surface area contributed by atoms with Gasteiger partial charge in [0.25, 0.3) is 0 Å². The molecule has 0 radical (unpaired) electrons. The number of aliphatic hydroxyl groups is 5. The van der Waals surface area contributed by atoms with Crippen molar-refractivity contribution >= 4 is 11.9 Å². The van der Waals surface area contributed by atoms with Gasteiger partial charge in [0.15, 0.2) is 6.29 Å². The summed E-state index contributed by atoms with van der Waals surface area (Å²) in [7, 11) is 0. The first-order valence-electron chi connectivity index (χ1n) is 41.0. The molecule has 0 saturated carbocycles. The van der Waals surface area contributed by atoms with E-state index < -0.39 is 49.5 Å². The standard InChI is InChI=1S/C84H155NO10/c1-3-5-7-9-11-13-14-15-16-17-39-43-46-49-52-56-60-64-68-72-80(89)93-73-69-65-61-57-53-50-47-44-41-38-36-34-32-30-28-26-24-22-20-18-19-21-23-25-27-29-31-33-35-37-40-42-45-48-51-55-59-63-67-71-79(88)85-76(77(87)70-66-62-58-54-12-10-8-6-4-2)75-94-84-83(92)82(91)81(90)78(74-86)95-84/h4,6,12,18-19,22,24,54,66,70,76-78,81-84,86-87,90-92H,3,5,7-11,13-17,20-21,23,25-53,55-65,67-69,71-75H2,1-2H3,(H,85,88)/b6-4+,19-18-,24-22-,54-12+,70-66+. The van der Waals surface area contributed by atoms with Crippen molar-refractivity contribution in [3.05, 3.63) is 60.8 Å². The van der Waals surface area contributed by atoms with Crippen LogP contribution in [-0.4, -0.2) is 100 Å². The molecule has 0 aromatic rings. The number of rotatable bonds is 73. The second-order valence-corrected chi connectivity index (χ2v) is 28.5. The molecule has 95 heavy (non-hydrogen) atoms. The van der Waals surface area contributed by atoms with E-state index in [1.54, 1.807) is 6.08 Å². The van der Waals surface area contributed by atoms with Crippen LogP contribution in [0.15, 0.2) is 60.8 Å². The maximum Gasteiger partial charge on any atom is 0.305 e. The number of hydrogen-bond donors (Lipinski definition) is 6. The molecule has 1 fully saturated rings. The molecule has 1 saturated heterocycles. The minimum absolute atomic E-state index is 0.0195. The Balaban J connectivity index is 1.84. The number of ether oxygens (including phenoxy) is 3. The summed E-state index contributed by atoms with van der Waals surface area (Å²) in [4.78, 5) is 25.2. The van der Waals surface area contributed by atoms with E-state index in [0.717, 1.165) is 64.2 Å². The highest BCUT2D eigenvalue weighted by Gasteiger charge is 2.44. The van der Waals surface area contributed by atoms with E-state index in [2.05, 4.69) is 54.8 Å². The van der Waals surface area contributed by atoms with E-state index in [1.165, 1.54) is 308 Å². The molecule has 6 N–H and O–H groups in total. The molecule has 11 heteroatoms. The molecule has 7 atom stereocenters. The van der Waals surface area contributed by atoms with Gasteiger partial charge in [-0.3, -0.25) is 9.59 Å². The number of allylic oxidation sites excluding steroid dienone is 9. The minimum Gasteiger partial charge on any atom is -0.466 e. The third kappa shape index (κ3) is 61.0. The predicted octanol–water partition coefficient (Wildman–Crippen LogP) is 22.4. The van der Waals surface area contributed by atoms with Crippen LogP contribution in [0.2, 0.25) is 0 Å². The van der Waals surface area contributed by atoms with E-state index in [0.29, 0.717) is 19.4 Å². The molecule has 556 valence electrons. The van der Waals surface area contributed by atoms with Crippen molar-refractivity contribution in [2.24, 2.45) is 0 Å². The largest absolute Gasteiger partial charge is 0.466 e. The number of esters is 1. The van der Waals surface area contributed by atoms with Gasteiger partial charge in [0.2, 0.25) is 5.91 Å². The maximum absolute atomic E-state index is 13.0. The Kier molecular flexibility index (Phi) is 69.1. The lowest BCUT2D eigenvalue weighted by molar-refractivity contribution is -0.302. The zero-order valence-electron chi connectivity index (χ0n) is 62.1. The lowest BCUT2D eigenvalue weighted by Gasteiger charge is -2.40. The van der Waals surface area contributed by atoms with Crippen molar-refractivity contribution in [3.8, 4) is 0 Å². The van der Waals surface area contributed by atoms with Crippen molar-refractivity contribution in [2.75, 3.05) is 19.8 Å². The summed E-state index contributed by atoms with van der Waals surface area (Å²) in [6.07, 6.45) is 88.9. The highest BCUT2D eigenvalue weighted by molar-refractivity contribution is 5.76. The molecular weight excluding hydrogens is 1180 g/mol. The van der Waals surface area contributed by atoms with E-state index in [1.807, 2.05) is 19.1 Å². The van der Waals surface area contributed by atoms with E-state index in [9.17, 15) is 35.1 Å². The zero-order valence-corrected chi connectivity index (χ0v) is 62.1. The van der Waals surface area contributed by atoms with Crippen LogP contribution < -0.4 is 5.32 Å². The highest BCUT2D eigenvalue weighted by atomic mass is 16.7. The molecule has 11 nitrogen and oxygen atoms in total. The molecule has 1 amide bonds. The Morgan fingerprint density at radius 2 is 0.758 bits per heavy atom. The van der Waals surface area contributed by atoms with Crippen LogP contribution in [0.4, 0.5) is 0 Å². The maximum atomic E-state index is 13.0. The van der Waals surface area contributed by atoms with Crippen molar-refractivity contribution in [1.82, 2.24) is 5.32 Å². The van der Waals surface area contributed by atoms with Gasteiger partial charge >= 0.3 is 5.97 Å². The summed E-state index contributed by atoms with van der Waals surface area (Å²) < 4.78 is 16.7. The van der Waals surface area contributed by atoms with Crippen LogP contribution in [0, 0.1) is 0 Å². The SMILES string of the molecule is C/C=C/CC/C=C/CC/C=C/C(O)C(COC1OC(CO)C(O)C(O)C1O)NC(=O)CCCCCCCCCCCCCCCCCCC/C=C\C/C=C\CCCCCCCCCCCCCCCCCOC(=O)CCCCCCCCCCCCCCCCCCCCC. The van der Waals surface area contributed by atoms with Gasteiger partial charge in [-0.15, -0.1) is 0 Å². The van der Waals surface area contributed by atoms with Crippen LogP contribution in [-0.2, 0) is 23.8 Å². The van der Waals surface area contributed by atoms with Crippen LogP contribution in [0.3, 0.4) is 0 Å². The first-order chi connectivity index (χ1) is 46.7. The average molecular weight is 1340 g/mol. The number of unbranched alkanes of at least 4 members (excludes halogenated alkanes) is 52. The van der Waals surface area contributed by atoms with Gasteiger partial charge in [-0.05, 0) is 84.0 Å². The molecule has 0 aromatic carbocycles. The van der Waals surface area contributed by atoms with Crippen molar-refractivity contribution in [1.29, 1.82) is 0 Å². The third-order valence-corrected chi connectivity index (χ3v) is 19.4. The first-order valence-corrected chi connectivity index (χ1v) is 41.0. The van der Waals surface area contributed by atoms with Gasteiger partial charge in [-0.25, -0.2) is 0 Å². The fourth-order valence-corrected chi connectivity index (χ4v) is 13.0. The van der Waals surface area contributed by atoms with E-state index >= 15 is 0 Å². The summed E-state index contributed by atoms with van der Waals surface area (Å²) >= 11 is 0. The zero-order chi connectivity index (χ0) is 68.6. The van der Waals surface area contributed by atoms with Gasteiger partial charge in [-0.2, -0.15) is 0 Å². The second-order valence-electron chi connectivity index (χ2n) is 28.5. The lowest BCUT2D eigenvalue weighted by Crippen LogP contribution is -2.60. The molecule has 7 unspecified atom stereocenters. The second kappa shape index (κ2) is 72.6. The van der Waals surface area contributed by atoms with Crippen LogP contribution in [0.25, 0.3) is 0 Å². The fraction of sp³-hybridized carbons (Fsp3) is 0.857. The smallest absolute Gasteiger partial charge is 0.305 e. The summed E-state index contributed by atoms with van der Waals surface area (Å²) in [5.74, 6) is -0.176. The first kappa shape index (κ1) is 90.4. The molecule has 0 bridgehead atoms. The van der Waals surface area contributed by atoms with Crippen molar-refractivity contribution in [2.45, 2.75) is 442 Å². The lowest BCUT2D eigenvalue weighted by atomic mass is 9.99. The minimum atomic E-state index is -1.58. The molecule has 1 heterocycles. The molecule has 1 aliphatic rings. The number of carbonyl (C=O) groups excluding carboxylic acids is 2. The number of carbonyl (C=O) groups is 2. The average Bonchev–Trinajstić information content (AvgIpc) is 0.834. The molecule has 0 aliphatic carbocycles. The third-order valence-electron chi connectivity index (χ3n) is 19.4. The Labute approximate surface area is 586 Å². The van der Waals surface area contributed by atoms with Gasteiger partial charge in [0.05, 0.1) is 32.0 Å². The molecule has 1 rings (SSSR count). The Morgan fingerprint density at radius 3 is 1.16 bits per heavy atom. The Hall–Kier alpha value is -2.64. The quantitative estimate of drug-likeness (QED) is 0.0195. The number of nitrogens with one attached hydrogen (secondary N) is 1. The summed E-state index contributed by atoms with van der Waals surface area (Å²) in [6, 6.07) is -0.832. The highest BCUT2D eigenvalue weighted by Crippen LogP contribution is 2.24. The number of hydrogen-bond acceptors (Lipinski definition) is 10. The topological polar surface area (TPSA) is 175 Å². The van der Waals surface area contributed by atoms with Gasteiger partial charge < -0.3 is 45.1 Å². The molecule has 0 aromatic heterocycles. The predicted molar refractivity (Wildman–Crippen MR) is 403 cm³/mol. The number of amides is 1. The number of aliphatic hydroxyl groups excluding tert-OH is 5. The normalized spacial score (nSPS) is 17.7. The van der Waals surface area contributed by atoms with Crippen LogP contribution >= 0.6 is 0 Å². The van der Waals surface area contributed by atoms with E-state index in [4.69, 9.17) is 14.2 Å². The monoisotopic (exact) mass is 1340 g/mol. The van der Waals surface area contributed by atoms with Gasteiger partial charge in [0, 0.05) is 12.8 Å².